The van der Waals surface area contributed by atoms with Crippen LogP contribution >= 0.6 is 0 Å². The molecule has 7 heteroatoms. The van der Waals surface area contributed by atoms with E-state index in [0.717, 1.165) is 42.5 Å². The highest BCUT2D eigenvalue weighted by Gasteiger charge is 2.29. The first-order chi connectivity index (χ1) is 10.5. The first-order valence-corrected chi connectivity index (χ1v) is 7.35. The largest absolute Gasteiger partial charge is 0.497 e. The minimum atomic E-state index is -0.800. The molecule has 1 aliphatic rings. The maximum Gasteiger partial charge on any atom is 0.319 e. The van der Waals surface area contributed by atoms with Crippen molar-refractivity contribution < 1.29 is 19.2 Å². The number of methoxy groups -OCH3 is 1. The zero-order valence-corrected chi connectivity index (χ0v) is 13.0. The van der Waals surface area contributed by atoms with Crippen LogP contribution in [0.4, 0.5) is 10.5 Å². The molecule has 1 fully saturated rings. The van der Waals surface area contributed by atoms with E-state index in [0.29, 0.717) is 0 Å². The van der Waals surface area contributed by atoms with Crippen molar-refractivity contribution in [2.45, 2.75) is 13.0 Å². The number of nitrogens with two attached hydrogens (primary N) is 1. The Labute approximate surface area is 130 Å². The van der Waals surface area contributed by atoms with Gasteiger partial charge in [-0.25, -0.2) is 4.79 Å². The lowest BCUT2D eigenvalue weighted by molar-refractivity contribution is -0.914. The van der Waals surface area contributed by atoms with Crippen LogP contribution < -0.4 is 25.6 Å². The Kier molecular flexibility index (Phi) is 5.21. The second-order valence-electron chi connectivity index (χ2n) is 5.42. The summed E-state index contributed by atoms with van der Waals surface area (Å²) < 4.78 is 5.24. The van der Waals surface area contributed by atoms with Crippen molar-refractivity contribution in [2.24, 2.45) is 5.73 Å². The van der Waals surface area contributed by atoms with Crippen LogP contribution in [0, 0.1) is 0 Å². The lowest BCUT2D eigenvalue weighted by Gasteiger charge is -2.35. The summed E-state index contributed by atoms with van der Waals surface area (Å²) in [6.07, 6.45) is 0. The van der Waals surface area contributed by atoms with E-state index in [4.69, 9.17) is 10.5 Å². The molecule has 22 heavy (non-hydrogen) atoms. The van der Waals surface area contributed by atoms with E-state index < -0.39 is 6.03 Å². The predicted octanol–water partition coefficient (Wildman–Crippen LogP) is -1.02. The van der Waals surface area contributed by atoms with Gasteiger partial charge in [0.2, 0.25) is 0 Å². The van der Waals surface area contributed by atoms with Crippen molar-refractivity contribution in [3.63, 3.8) is 0 Å². The summed E-state index contributed by atoms with van der Waals surface area (Å²) in [5.41, 5.74) is 6.10. The number of urea groups is 1. The Morgan fingerprint density at radius 3 is 2.64 bits per heavy atom. The number of rotatable bonds is 4. The van der Waals surface area contributed by atoms with E-state index in [2.05, 4.69) is 16.3 Å². The van der Waals surface area contributed by atoms with Crippen LogP contribution in [0.2, 0.25) is 0 Å². The van der Waals surface area contributed by atoms with Gasteiger partial charge in [-0.15, -0.1) is 0 Å². The van der Waals surface area contributed by atoms with E-state index in [1.54, 1.807) is 7.11 Å². The predicted molar refractivity (Wildman–Crippen MR) is 83.1 cm³/mol. The van der Waals surface area contributed by atoms with E-state index in [1.165, 1.54) is 0 Å². The lowest BCUT2D eigenvalue weighted by Crippen LogP contribution is -3.19. The van der Waals surface area contributed by atoms with Crippen molar-refractivity contribution in [1.82, 2.24) is 5.32 Å². The Morgan fingerprint density at radius 1 is 1.36 bits per heavy atom. The number of amides is 3. The second kappa shape index (κ2) is 7.13. The molecule has 1 atom stereocenters. The number of anilines is 1. The van der Waals surface area contributed by atoms with Gasteiger partial charge in [0.05, 0.1) is 33.3 Å². The summed E-state index contributed by atoms with van der Waals surface area (Å²) in [5, 5.41) is 2.15. The molecule has 0 radical (unpaired) electrons. The molecule has 2 rings (SSSR count). The van der Waals surface area contributed by atoms with Crippen molar-refractivity contribution in [2.75, 3.05) is 38.2 Å². The van der Waals surface area contributed by atoms with Gasteiger partial charge in [-0.3, -0.25) is 10.1 Å². The lowest BCUT2D eigenvalue weighted by atomic mass is 10.2. The van der Waals surface area contributed by atoms with Gasteiger partial charge >= 0.3 is 6.03 Å². The molecule has 1 saturated heterocycles. The van der Waals surface area contributed by atoms with Crippen LogP contribution in [-0.2, 0) is 4.79 Å². The maximum atomic E-state index is 11.8. The number of ether oxygens (including phenoxy) is 1. The Hall–Kier alpha value is -2.28. The smallest absolute Gasteiger partial charge is 0.319 e. The molecular weight excluding hydrogens is 284 g/mol. The van der Waals surface area contributed by atoms with E-state index in [1.807, 2.05) is 25.1 Å². The van der Waals surface area contributed by atoms with Crippen LogP contribution in [0.1, 0.15) is 6.92 Å². The molecule has 0 saturated carbocycles. The third kappa shape index (κ3) is 3.88. The van der Waals surface area contributed by atoms with E-state index >= 15 is 0 Å². The number of benzene rings is 1. The summed E-state index contributed by atoms with van der Waals surface area (Å²) in [6.45, 7) is 5.15. The summed E-state index contributed by atoms with van der Waals surface area (Å²) in [7, 11) is 1.65. The highest BCUT2D eigenvalue weighted by atomic mass is 16.5. The second-order valence-corrected chi connectivity index (χ2v) is 5.42. The monoisotopic (exact) mass is 307 g/mol. The van der Waals surface area contributed by atoms with Gasteiger partial charge in [-0.1, -0.05) is 6.07 Å². The zero-order chi connectivity index (χ0) is 16.1. The molecule has 1 heterocycles. The van der Waals surface area contributed by atoms with Gasteiger partial charge in [0.1, 0.15) is 5.75 Å². The molecule has 3 amide bonds. The number of quaternary nitrogens is 1. The number of imide groups is 1. The average molecular weight is 307 g/mol. The van der Waals surface area contributed by atoms with Crippen molar-refractivity contribution in [1.29, 1.82) is 0 Å². The number of nitrogens with one attached hydrogen (secondary N) is 2. The fourth-order valence-electron chi connectivity index (χ4n) is 2.71. The van der Waals surface area contributed by atoms with Crippen molar-refractivity contribution >= 4 is 17.6 Å². The van der Waals surface area contributed by atoms with Crippen molar-refractivity contribution in [3.8, 4) is 5.75 Å². The van der Waals surface area contributed by atoms with Gasteiger partial charge in [-0.05, 0) is 19.1 Å². The summed E-state index contributed by atoms with van der Waals surface area (Å²) in [5.74, 6) is 0.513. The molecule has 1 aromatic rings. The molecule has 1 aliphatic heterocycles. The number of hydrogen-bond acceptors (Lipinski definition) is 4. The summed E-state index contributed by atoms with van der Waals surface area (Å²) >= 11 is 0. The Balaban J connectivity index is 1.92. The fraction of sp³-hybridized carbons (Fsp3) is 0.467. The standard InChI is InChI=1S/C15H22N4O3/c1-11(14(20)17-15(16)21)18-6-8-19(9-7-18)12-4-3-5-13(10-12)22-2/h3-5,10-11H,6-9H2,1-2H3,(H3,16,17,20,21)/p+1/t11-/m0/s1. The molecule has 4 N–H and O–H groups in total. The number of carbonyl (C=O) groups is 2. The van der Waals surface area contributed by atoms with Crippen LogP contribution in [-0.4, -0.2) is 51.3 Å². The highest BCUT2D eigenvalue weighted by molar-refractivity contribution is 5.95. The number of primary amides is 1. The Morgan fingerprint density at radius 2 is 2.05 bits per heavy atom. The first kappa shape index (κ1) is 16.1. The number of piperazine rings is 1. The number of carbonyl (C=O) groups excluding carboxylic acids is 2. The molecule has 0 aliphatic carbocycles. The van der Waals surface area contributed by atoms with Crippen molar-refractivity contribution in [3.05, 3.63) is 24.3 Å². The van der Waals surface area contributed by atoms with E-state index in [9.17, 15) is 9.59 Å². The summed E-state index contributed by atoms with van der Waals surface area (Å²) in [6, 6.07) is 6.86. The minimum Gasteiger partial charge on any atom is -0.497 e. The molecule has 7 nitrogen and oxygen atoms in total. The van der Waals surface area contributed by atoms with Gasteiger partial charge in [0, 0.05) is 11.8 Å². The van der Waals surface area contributed by atoms with Gasteiger partial charge < -0.3 is 20.3 Å². The molecule has 0 spiro atoms. The zero-order valence-electron chi connectivity index (χ0n) is 13.0. The SMILES string of the molecule is COc1cccc(N2CC[NH+]([C@@H](C)C(=O)NC(N)=O)CC2)c1. The molecule has 0 bridgehead atoms. The van der Waals surface area contributed by atoms with Crippen LogP contribution in [0.25, 0.3) is 0 Å². The van der Waals surface area contributed by atoms with Crippen LogP contribution in [0.3, 0.4) is 0 Å². The summed E-state index contributed by atoms with van der Waals surface area (Å²) in [4.78, 5) is 26.0. The molecule has 1 aromatic carbocycles. The van der Waals surface area contributed by atoms with Crippen LogP contribution in [0.15, 0.2) is 24.3 Å². The van der Waals surface area contributed by atoms with Gasteiger partial charge in [0.25, 0.3) is 5.91 Å². The third-order valence-corrected chi connectivity index (χ3v) is 4.08. The fourth-order valence-corrected chi connectivity index (χ4v) is 2.71. The number of nitrogens with zero attached hydrogens (tertiary/aromatic N) is 1. The molecule has 0 unspecified atom stereocenters. The molecule has 120 valence electrons. The Bertz CT molecular complexity index is 541. The van der Waals surface area contributed by atoms with Crippen LogP contribution in [0.5, 0.6) is 5.75 Å². The first-order valence-electron chi connectivity index (χ1n) is 7.35. The average Bonchev–Trinajstić information content (AvgIpc) is 2.53. The normalized spacial score (nSPS) is 16.9. The molecular formula is C15H23N4O3+. The molecule has 0 aromatic heterocycles. The quantitative estimate of drug-likeness (QED) is 0.664. The highest BCUT2D eigenvalue weighted by Crippen LogP contribution is 2.20. The topological polar surface area (TPSA) is 89.1 Å². The van der Waals surface area contributed by atoms with Gasteiger partial charge in [0.15, 0.2) is 6.04 Å². The minimum absolute atomic E-state index is 0.292. The maximum absolute atomic E-state index is 11.8. The third-order valence-electron chi connectivity index (χ3n) is 4.08. The van der Waals surface area contributed by atoms with Gasteiger partial charge in [-0.2, -0.15) is 0 Å². The number of hydrogen-bond donors (Lipinski definition) is 3. The van der Waals surface area contributed by atoms with E-state index in [-0.39, 0.29) is 11.9 Å².